The molecule has 0 saturated carbocycles. The highest BCUT2D eigenvalue weighted by atomic mass is 35.5. The number of amides is 1. The van der Waals surface area contributed by atoms with Gasteiger partial charge in [-0.05, 0) is 45.2 Å². The summed E-state index contributed by atoms with van der Waals surface area (Å²) in [6.07, 6.45) is 1.37. The number of nitrogens with one attached hydrogen (secondary N) is 2. The lowest BCUT2D eigenvalue weighted by atomic mass is 9.95. The molecule has 0 fully saturated rings. The molecule has 0 radical (unpaired) electrons. The van der Waals surface area contributed by atoms with Crippen molar-refractivity contribution >= 4 is 41.8 Å². The molecule has 0 unspecified atom stereocenters. The van der Waals surface area contributed by atoms with Crippen molar-refractivity contribution in [3.8, 4) is 0 Å². The Morgan fingerprint density at radius 1 is 1.35 bits per heavy atom. The molecule has 0 heterocycles. The molecular formula is C15H18Cl2N4O2. The largest absolute Gasteiger partial charge is 0.331 e. The summed E-state index contributed by atoms with van der Waals surface area (Å²) in [4.78, 5) is 19.5. The third-order valence-electron chi connectivity index (χ3n) is 3.04. The fourth-order valence-corrected chi connectivity index (χ4v) is 1.94. The van der Waals surface area contributed by atoms with Gasteiger partial charge in [-0.3, -0.25) is 10.0 Å². The van der Waals surface area contributed by atoms with Crippen LogP contribution in [0, 0.1) is 0 Å². The van der Waals surface area contributed by atoms with Crippen LogP contribution in [0.5, 0.6) is 0 Å². The first kappa shape index (κ1) is 19.2. The van der Waals surface area contributed by atoms with Crippen LogP contribution in [0.1, 0.15) is 26.3 Å². The van der Waals surface area contributed by atoms with Crippen LogP contribution in [-0.4, -0.2) is 23.8 Å². The number of hydroxylamine groups is 1. The van der Waals surface area contributed by atoms with Crippen LogP contribution >= 0.6 is 23.2 Å². The molecule has 1 aromatic carbocycles. The maximum Gasteiger partial charge on any atom is 0.271 e. The summed E-state index contributed by atoms with van der Waals surface area (Å²) in [5.41, 5.74) is 1.96. The fraction of sp³-hybridized carbons (Fsp3) is 0.267. The van der Waals surface area contributed by atoms with E-state index in [2.05, 4.69) is 22.0 Å². The minimum absolute atomic E-state index is 0.214. The zero-order valence-corrected chi connectivity index (χ0v) is 14.5. The SMILES string of the molecule is C=NC(=NC(C)(C)c1ccc(Cl)c(Cl)c1)N/C=C(\C)C(=O)NO. The molecule has 3 N–H and O–H groups in total. The molecule has 0 bridgehead atoms. The standard InChI is InChI=1S/C15H18Cl2N4O2/c1-9(13(22)21-23)8-19-14(18-4)20-15(2,3)10-5-6-11(16)12(17)7-10/h5-8,23H,4H2,1-3H3,(H,19,20)(H,21,22)/b9-8+. The van der Waals surface area contributed by atoms with Gasteiger partial charge in [-0.15, -0.1) is 0 Å². The molecule has 1 rings (SSSR count). The molecule has 1 amide bonds. The summed E-state index contributed by atoms with van der Waals surface area (Å²) in [6, 6.07) is 5.24. The van der Waals surface area contributed by atoms with Crippen molar-refractivity contribution in [1.29, 1.82) is 0 Å². The smallest absolute Gasteiger partial charge is 0.271 e. The van der Waals surface area contributed by atoms with E-state index in [0.717, 1.165) is 5.56 Å². The van der Waals surface area contributed by atoms with Gasteiger partial charge in [0.2, 0.25) is 5.96 Å². The molecular weight excluding hydrogens is 339 g/mol. The van der Waals surface area contributed by atoms with Crippen molar-refractivity contribution < 1.29 is 10.0 Å². The quantitative estimate of drug-likeness (QED) is 0.254. The zero-order valence-electron chi connectivity index (χ0n) is 13.0. The average Bonchev–Trinajstić information content (AvgIpc) is 2.52. The Morgan fingerprint density at radius 2 is 2.00 bits per heavy atom. The highest BCUT2D eigenvalue weighted by Gasteiger charge is 2.21. The van der Waals surface area contributed by atoms with Crippen LogP contribution in [0.15, 0.2) is 40.0 Å². The van der Waals surface area contributed by atoms with Crippen LogP contribution in [0.2, 0.25) is 10.0 Å². The number of carbonyl (C=O) groups is 1. The third-order valence-corrected chi connectivity index (χ3v) is 3.78. The van der Waals surface area contributed by atoms with Crippen molar-refractivity contribution in [1.82, 2.24) is 10.8 Å². The second-order valence-corrected chi connectivity index (χ2v) is 6.01. The lowest BCUT2D eigenvalue weighted by molar-refractivity contribution is -0.125. The summed E-state index contributed by atoms with van der Waals surface area (Å²) in [6.45, 7) is 8.70. The number of hydrogen-bond acceptors (Lipinski definition) is 3. The third kappa shape index (κ3) is 5.35. The Hall–Kier alpha value is -1.89. The monoisotopic (exact) mass is 356 g/mol. The van der Waals surface area contributed by atoms with Gasteiger partial charge < -0.3 is 5.32 Å². The van der Waals surface area contributed by atoms with Gasteiger partial charge in [0.15, 0.2) is 0 Å². The first-order chi connectivity index (χ1) is 10.7. The number of carbonyl (C=O) groups excluding carboxylic acids is 1. The van der Waals surface area contributed by atoms with Gasteiger partial charge in [0.05, 0.1) is 15.6 Å². The lowest BCUT2D eigenvalue weighted by Crippen LogP contribution is -2.25. The Balaban J connectivity index is 3.05. The van der Waals surface area contributed by atoms with Gasteiger partial charge in [0, 0.05) is 11.8 Å². The molecule has 0 spiro atoms. The number of halogens is 2. The second-order valence-electron chi connectivity index (χ2n) is 5.19. The Labute approximate surface area is 144 Å². The van der Waals surface area contributed by atoms with E-state index in [1.165, 1.54) is 18.6 Å². The number of hydrogen-bond donors (Lipinski definition) is 3. The summed E-state index contributed by atoms with van der Waals surface area (Å²) >= 11 is 12.0. The van der Waals surface area contributed by atoms with Crippen LogP contribution in [0.3, 0.4) is 0 Å². The summed E-state index contributed by atoms with van der Waals surface area (Å²) in [5.74, 6) is -0.421. The highest BCUT2D eigenvalue weighted by Crippen LogP contribution is 2.30. The second kappa shape index (κ2) is 8.10. The number of guanidine groups is 1. The highest BCUT2D eigenvalue weighted by molar-refractivity contribution is 6.42. The lowest BCUT2D eigenvalue weighted by Gasteiger charge is -2.21. The zero-order chi connectivity index (χ0) is 17.6. The van der Waals surface area contributed by atoms with E-state index in [0.29, 0.717) is 10.0 Å². The van der Waals surface area contributed by atoms with Crippen molar-refractivity contribution in [2.75, 3.05) is 0 Å². The molecule has 0 saturated heterocycles. The molecule has 1 aromatic rings. The Kier molecular flexibility index (Phi) is 6.75. The number of benzene rings is 1. The van der Waals surface area contributed by atoms with Crippen LogP contribution in [-0.2, 0) is 10.3 Å². The maximum atomic E-state index is 11.2. The molecule has 124 valence electrons. The van der Waals surface area contributed by atoms with E-state index in [-0.39, 0.29) is 11.5 Å². The molecule has 0 atom stereocenters. The van der Waals surface area contributed by atoms with Gasteiger partial charge in [0.25, 0.3) is 5.91 Å². The fourth-order valence-electron chi connectivity index (χ4n) is 1.65. The topological polar surface area (TPSA) is 86.1 Å². The summed E-state index contributed by atoms with van der Waals surface area (Å²) in [7, 11) is 0. The van der Waals surface area contributed by atoms with Crippen LogP contribution in [0.4, 0.5) is 0 Å². The summed E-state index contributed by atoms with van der Waals surface area (Å²) < 4.78 is 0. The first-order valence-corrected chi connectivity index (χ1v) is 7.36. The Morgan fingerprint density at radius 3 is 2.52 bits per heavy atom. The predicted octanol–water partition coefficient (Wildman–Crippen LogP) is 3.28. The molecule has 23 heavy (non-hydrogen) atoms. The van der Waals surface area contributed by atoms with Crippen LogP contribution < -0.4 is 10.8 Å². The van der Waals surface area contributed by atoms with Gasteiger partial charge in [-0.2, -0.15) is 0 Å². The van der Waals surface area contributed by atoms with Gasteiger partial charge in [-0.25, -0.2) is 15.5 Å². The maximum absolute atomic E-state index is 11.2. The van der Waals surface area contributed by atoms with Crippen molar-refractivity contribution in [3.05, 3.63) is 45.6 Å². The predicted molar refractivity (Wildman–Crippen MR) is 93.3 cm³/mol. The molecule has 0 aromatic heterocycles. The average molecular weight is 357 g/mol. The van der Waals surface area contributed by atoms with E-state index >= 15 is 0 Å². The minimum Gasteiger partial charge on any atom is -0.331 e. The number of rotatable bonds is 4. The summed E-state index contributed by atoms with van der Waals surface area (Å²) in [5, 5.41) is 12.2. The molecule has 6 nitrogen and oxygen atoms in total. The minimum atomic E-state index is -0.654. The van der Waals surface area contributed by atoms with E-state index in [1.54, 1.807) is 12.1 Å². The van der Waals surface area contributed by atoms with E-state index in [1.807, 2.05) is 19.9 Å². The van der Waals surface area contributed by atoms with Gasteiger partial charge in [-0.1, -0.05) is 29.3 Å². The van der Waals surface area contributed by atoms with Gasteiger partial charge in [0.1, 0.15) is 0 Å². The molecule has 0 aliphatic rings. The van der Waals surface area contributed by atoms with E-state index < -0.39 is 11.4 Å². The van der Waals surface area contributed by atoms with Crippen molar-refractivity contribution in [3.63, 3.8) is 0 Å². The van der Waals surface area contributed by atoms with E-state index in [9.17, 15) is 4.79 Å². The van der Waals surface area contributed by atoms with Crippen molar-refractivity contribution in [2.24, 2.45) is 9.98 Å². The molecule has 0 aliphatic carbocycles. The Bertz CT molecular complexity index is 669. The van der Waals surface area contributed by atoms with Gasteiger partial charge >= 0.3 is 0 Å². The normalized spacial score (nSPS) is 12.8. The first-order valence-electron chi connectivity index (χ1n) is 6.61. The van der Waals surface area contributed by atoms with Crippen LogP contribution in [0.25, 0.3) is 0 Å². The number of aliphatic imine (C=N–C) groups is 2. The van der Waals surface area contributed by atoms with E-state index in [4.69, 9.17) is 28.4 Å². The molecule has 0 aliphatic heterocycles. The van der Waals surface area contributed by atoms with Crippen molar-refractivity contribution in [2.45, 2.75) is 26.3 Å². The molecule has 8 heteroatoms. The number of nitrogens with zero attached hydrogens (tertiary/aromatic N) is 2.